The average Bonchev–Trinajstić information content (AvgIpc) is 3.05. The summed E-state index contributed by atoms with van der Waals surface area (Å²) in [6.45, 7) is 2.34. The van der Waals surface area contributed by atoms with Crippen molar-refractivity contribution in [2.75, 3.05) is 0 Å². The molecule has 1 aromatic carbocycles. The predicted octanol–water partition coefficient (Wildman–Crippen LogP) is 1.67. The van der Waals surface area contributed by atoms with E-state index in [2.05, 4.69) is 10.3 Å². The van der Waals surface area contributed by atoms with Crippen LogP contribution in [0.2, 0.25) is 0 Å². The Balaban J connectivity index is 1.86. The molecule has 0 atom stereocenters. The normalized spacial score (nSPS) is 11.1. The molecule has 2 heterocycles. The maximum atomic E-state index is 12.2. The van der Waals surface area contributed by atoms with E-state index in [-0.39, 0.29) is 12.3 Å². The van der Waals surface area contributed by atoms with Gasteiger partial charge in [-0.3, -0.25) is 4.79 Å². The van der Waals surface area contributed by atoms with Crippen molar-refractivity contribution >= 4 is 16.8 Å². The lowest BCUT2D eigenvalue weighted by molar-refractivity contribution is 0.0942. The molecule has 0 amide bonds. The number of carbonyl (C=O) groups is 1. The number of furan rings is 1. The molecule has 0 fully saturated rings. The van der Waals surface area contributed by atoms with Crippen LogP contribution in [0.5, 0.6) is 0 Å². The molecule has 0 spiro atoms. The third-order valence-electron chi connectivity index (χ3n) is 3.12. The van der Waals surface area contributed by atoms with E-state index >= 15 is 0 Å². The van der Waals surface area contributed by atoms with Gasteiger partial charge in [0.1, 0.15) is 12.1 Å². The number of benzene rings is 1. The highest BCUT2D eigenvalue weighted by atomic mass is 16.3. The van der Waals surface area contributed by atoms with Gasteiger partial charge in [-0.25, -0.2) is 4.68 Å². The fourth-order valence-electron chi connectivity index (χ4n) is 2.08. The molecule has 2 N–H and O–H groups in total. The van der Waals surface area contributed by atoms with Gasteiger partial charge in [0.25, 0.3) is 0 Å². The monoisotopic (exact) mass is 270 g/mol. The van der Waals surface area contributed by atoms with Crippen LogP contribution in [-0.2, 0) is 13.1 Å². The number of fused-ring (bicyclic) bond motifs is 1. The van der Waals surface area contributed by atoms with Gasteiger partial charge in [-0.1, -0.05) is 23.4 Å². The zero-order valence-corrected chi connectivity index (χ0v) is 11.0. The summed E-state index contributed by atoms with van der Waals surface area (Å²) in [5.41, 5.74) is 7.86. The molecular formula is C14H14N4O2. The molecule has 6 heteroatoms. The second kappa shape index (κ2) is 4.90. The van der Waals surface area contributed by atoms with Gasteiger partial charge in [-0.2, -0.15) is 0 Å². The molecule has 0 radical (unpaired) electrons. The molecule has 2 aromatic heterocycles. The summed E-state index contributed by atoms with van der Waals surface area (Å²) in [5, 5.41) is 8.62. The summed E-state index contributed by atoms with van der Waals surface area (Å²) in [6, 6.07) is 7.56. The summed E-state index contributed by atoms with van der Waals surface area (Å²) in [4.78, 5) is 12.2. The zero-order valence-electron chi connectivity index (χ0n) is 11.0. The molecular weight excluding hydrogens is 256 g/mol. The first-order valence-corrected chi connectivity index (χ1v) is 6.29. The third-order valence-corrected chi connectivity index (χ3v) is 3.12. The van der Waals surface area contributed by atoms with Crippen molar-refractivity contribution in [1.29, 1.82) is 0 Å². The largest absolute Gasteiger partial charge is 0.453 e. The number of hydrogen-bond donors (Lipinski definition) is 1. The van der Waals surface area contributed by atoms with Gasteiger partial charge in [0.2, 0.25) is 5.78 Å². The van der Waals surface area contributed by atoms with Crippen molar-refractivity contribution in [3.8, 4) is 0 Å². The Morgan fingerprint density at radius 1 is 1.45 bits per heavy atom. The summed E-state index contributed by atoms with van der Waals surface area (Å²) < 4.78 is 7.09. The van der Waals surface area contributed by atoms with Crippen LogP contribution in [-0.4, -0.2) is 20.8 Å². The highest BCUT2D eigenvalue weighted by molar-refractivity contribution is 5.97. The van der Waals surface area contributed by atoms with Crippen molar-refractivity contribution in [1.82, 2.24) is 15.0 Å². The quantitative estimate of drug-likeness (QED) is 0.729. The fraction of sp³-hybridized carbons (Fsp3) is 0.214. The molecule has 6 nitrogen and oxygen atoms in total. The summed E-state index contributed by atoms with van der Waals surface area (Å²) in [5.74, 6) is 0.188. The minimum absolute atomic E-state index is 0.0892. The second-order valence-electron chi connectivity index (χ2n) is 4.64. The van der Waals surface area contributed by atoms with Gasteiger partial charge in [0.15, 0.2) is 5.76 Å². The molecule has 3 aromatic rings. The number of nitrogens with two attached hydrogens (primary N) is 1. The van der Waals surface area contributed by atoms with Crippen LogP contribution in [0.1, 0.15) is 21.8 Å². The lowest BCUT2D eigenvalue weighted by Gasteiger charge is -1.96. The summed E-state index contributed by atoms with van der Waals surface area (Å²) >= 11 is 0. The Hall–Kier alpha value is -2.47. The van der Waals surface area contributed by atoms with Gasteiger partial charge in [-0.15, -0.1) is 5.10 Å². The summed E-state index contributed by atoms with van der Waals surface area (Å²) in [6.07, 6.45) is 1.66. The first kappa shape index (κ1) is 12.6. The standard InChI is InChI=1S/C14H14N4O2/c1-9-3-2-4-10-5-13(20-14(9)10)12(19)8-18-7-11(6-15)16-17-18/h2-5,7H,6,8,15H2,1H3. The minimum atomic E-state index is -0.144. The van der Waals surface area contributed by atoms with Gasteiger partial charge in [-0.05, 0) is 18.6 Å². The minimum Gasteiger partial charge on any atom is -0.453 e. The van der Waals surface area contributed by atoms with Gasteiger partial charge >= 0.3 is 0 Å². The molecule has 0 aliphatic rings. The van der Waals surface area contributed by atoms with Crippen molar-refractivity contribution in [3.63, 3.8) is 0 Å². The van der Waals surface area contributed by atoms with E-state index in [9.17, 15) is 4.79 Å². The Morgan fingerprint density at radius 2 is 2.30 bits per heavy atom. The Labute approximate surface area is 115 Å². The van der Waals surface area contributed by atoms with Crippen molar-refractivity contribution in [2.45, 2.75) is 20.0 Å². The molecule has 0 aliphatic heterocycles. The maximum Gasteiger partial charge on any atom is 0.219 e. The molecule has 102 valence electrons. The van der Waals surface area contributed by atoms with E-state index < -0.39 is 0 Å². The average molecular weight is 270 g/mol. The van der Waals surface area contributed by atoms with Crippen LogP contribution >= 0.6 is 0 Å². The second-order valence-corrected chi connectivity index (χ2v) is 4.64. The fourth-order valence-corrected chi connectivity index (χ4v) is 2.08. The van der Waals surface area contributed by atoms with Crippen LogP contribution in [0.4, 0.5) is 0 Å². The highest BCUT2D eigenvalue weighted by Gasteiger charge is 2.14. The molecule has 0 bridgehead atoms. The molecule has 3 rings (SSSR count). The number of aryl methyl sites for hydroxylation is 1. The zero-order chi connectivity index (χ0) is 14.1. The lowest BCUT2D eigenvalue weighted by atomic mass is 10.2. The van der Waals surface area contributed by atoms with E-state index in [1.165, 1.54) is 4.68 Å². The molecule has 0 aliphatic carbocycles. The number of Topliss-reactive ketones (excluding diaryl/α,β-unsaturated/α-hetero) is 1. The summed E-state index contributed by atoms with van der Waals surface area (Å²) in [7, 11) is 0. The number of aromatic nitrogens is 3. The third kappa shape index (κ3) is 2.21. The van der Waals surface area contributed by atoms with E-state index in [1.54, 1.807) is 12.3 Å². The van der Waals surface area contributed by atoms with E-state index in [1.807, 2.05) is 25.1 Å². The van der Waals surface area contributed by atoms with Crippen LogP contribution in [0.3, 0.4) is 0 Å². The van der Waals surface area contributed by atoms with Crippen LogP contribution < -0.4 is 5.73 Å². The van der Waals surface area contributed by atoms with Gasteiger partial charge in [0, 0.05) is 11.9 Å². The number of hydrogen-bond acceptors (Lipinski definition) is 5. The topological polar surface area (TPSA) is 86.9 Å². The van der Waals surface area contributed by atoms with Crippen LogP contribution in [0.25, 0.3) is 11.0 Å². The van der Waals surface area contributed by atoms with Crippen LogP contribution in [0, 0.1) is 6.92 Å². The predicted molar refractivity (Wildman–Crippen MR) is 73.2 cm³/mol. The number of rotatable bonds is 4. The molecule has 0 unspecified atom stereocenters. The molecule has 0 saturated carbocycles. The smallest absolute Gasteiger partial charge is 0.219 e. The molecule has 20 heavy (non-hydrogen) atoms. The first-order valence-electron chi connectivity index (χ1n) is 6.29. The molecule has 0 saturated heterocycles. The Bertz CT molecular complexity index is 772. The van der Waals surface area contributed by atoms with Crippen molar-refractivity contribution < 1.29 is 9.21 Å². The number of nitrogens with zero attached hydrogens (tertiary/aromatic N) is 3. The maximum absolute atomic E-state index is 12.2. The Morgan fingerprint density at radius 3 is 3.00 bits per heavy atom. The lowest BCUT2D eigenvalue weighted by Crippen LogP contribution is -2.10. The van der Waals surface area contributed by atoms with Crippen molar-refractivity contribution in [2.24, 2.45) is 5.73 Å². The highest BCUT2D eigenvalue weighted by Crippen LogP contribution is 2.23. The van der Waals surface area contributed by atoms with Gasteiger partial charge in [0.05, 0.1) is 11.9 Å². The van der Waals surface area contributed by atoms with Crippen LogP contribution in [0.15, 0.2) is 34.9 Å². The number of ketones is 1. The number of carbonyl (C=O) groups excluding carboxylic acids is 1. The SMILES string of the molecule is Cc1cccc2cc(C(=O)Cn3cc(CN)nn3)oc12. The van der Waals surface area contributed by atoms with E-state index in [4.69, 9.17) is 10.2 Å². The van der Waals surface area contributed by atoms with E-state index in [0.29, 0.717) is 18.0 Å². The van der Waals surface area contributed by atoms with Gasteiger partial charge < -0.3 is 10.2 Å². The Kier molecular flexibility index (Phi) is 3.08. The number of para-hydroxylation sites is 1. The van der Waals surface area contributed by atoms with E-state index in [0.717, 1.165) is 16.5 Å². The first-order chi connectivity index (χ1) is 9.67. The van der Waals surface area contributed by atoms with Crippen molar-refractivity contribution in [3.05, 3.63) is 47.5 Å².